The van der Waals surface area contributed by atoms with Crippen LogP contribution >= 0.6 is 7.60 Å². The van der Waals surface area contributed by atoms with Crippen LogP contribution in [-0.2, 0) is 20.2 Å². The molecule has 1 N–H and O–H groups in total. The van der Waals surface area contributed by atoms with Crippen LogP contribution < -0.4 is 5.32 Å². The molecule has 0 aliphatic heterocycles. The van der Waals surface area contributed by atoms with Crippen LogP contribution in [0.5, 0.6) is 0 Å². The van der Waals surface area contributed by atoms with Crippen LogP contribution in [0.3, 0.4) is 0 Å². The Balaban J connectivity index is 2.17. The van der Waals surface area contributed by atoms with E-state index in [1.165, 1.54) is 26.2 Å². The van der Waals surface area contributed by atoms with E-state index < -0.39 is 12.9 Å². The molecule has 0 amide bonds. The molecule has 0 bridgehead atoms. The second-order valence-corrected chi connectivity index (χ2v) is 7.88. The van der Waals surface area contributed by atoms with Gasteiger partial charge in [-0.3, -0.25) is 9.88 Å². The van der Waals surface area contributed by atoms with Crippen molar-refractivity contribution in [1.82, 2.24) is 5.32 Å². The summed E-state index contributed by atoms with van der Waals surface area (Å²) in [5, 5.41) is 2.93. The Morgan fingerprint density at radius 3 is 2.25 bits per heavy atom. The minimum absolute atomic E-state index is 0.551. The highest BCUT2D eigenvalue weighted by molar-refractivity contribution is 7.55. The second kappa shape index (κ2) is 6.86. The zero-order valence-corrected chi connectivity index (χ0v) is 13.2. The zero-order valence-electron chi connectivity index (χ0n) is 12.3. The molecule has 0 unspecified atom stereocenters. The molecule has 1 aromatic carbocycles. The van der Waals surface area contributed by atoms with Crippen LogP contribution in [0.2, 0.25) is 0 Å². The SMILES string of the molecule is COP(=O)(OC)C1(NCc2ccccc2)CCCCC1. The van der Waals surface area contributed by atoms with Crippen LogP contribution in [0.4, 0.5) is 0 Å². The third kappa shape index (κ3) is 3.15. The molecule has 20 heavy (non-hydrogen) atoms. The van der Waals surface area contributed by atoms with E-state index in [1.54, 1.807) is 0 Å². The van der Waals surface area contributed by atoms with Crippen LogP contribution in [0, 0.1) is 0 Å². The third-order valence-electron chi connectivity index (χ3n) is 4.15. The molecule has 0 heterocycles. The maximum atomic E-state index is 12.9. The van der Waals surface area contributed by atoms with Crippen molar-refractivity contribution in [2.24, 2.45) is 0 Å². The first-order valence-electron chi connectivity index (χ1n) is 7.16. The number of nitrogens with one attached hydrogen (secondary N) is 1. The first-order valence-corrected chi connectivity index (χ1v) is 8.71. The average molecular weight is 297 g/mol. The lowest BCUT2D eigenvalue weighted by Crippen LogP contribution is -2.46. The van der Waals surface area contributed by atoms with Gasteiger partial charge in [-0.25, -0.2) is 0 Å². The monoisotopic (exact) mass is 297 g/mol. The lowest BCUT2D eigenvalue weighted by molar-refractivity contribution is 0.200. The smallest absolute Gasteiger partial charge is 0.311 e. The summed E-state index contributed by atoms with van der Waals surface area (Å²) in [6, 6.07) is 10.1. The molecular weight excluding hydrogens is 273 g/mol. The van der Waals surface area contributed by atoms with Gasteiger partial charge in [0.2, 0.25) is 0 Å². The highest BCUT2D eigenvalue weighted by Crippen LogP contribution is 2.62. The van der Waals surface area contributed by atoms with E-state index in [9.17, 15) is 4.57 Å². The Bertz CT molecular complexity index is 449. The fourth-order valence-corrected chi connectivity index (χ4v) is 4.96. The van der Waals surface area contributed by atoms with Gasteiger partial charge in [0.15, 0.2) is 0 Å². The molecule has 1 aliphatic carbocycles. The predicted molar refractivity (Wildman–Crippen MR) is 80.7 cm³/mol. The molecule has 5 heteroatoms. The van der Waals surface area contributed by atoms with Gasteiger partial charge in [0.25, 0.3) is 0 Å². The zero-order chi connectivity index (χ0) is 14.5. The van der Waals surface area contributed by atoms with E-state index in [2.05, 4.69) is 17.4 Å². The summed E-state index contributed by atoms with van der Waals surface area (Å²) in [5.41, 5.74) is 1.18. The van der Waals surface area contributed by atoms with Crippen LogP contribution in [0.25, 0.3) is 0 Å². The van der Waals surface area contributed by atoms with E-state index in [4.69, 9.17) is 9.05 Å². The Hall–Kier alpha value is -0.670. The lowest BCUT2D eigenvalue weighted by atomic mass is 9.94. The van der Waals surface area contributed by atoms with Crippen LogP contribution in [-0.4, -0.2) is 19.5 Å². The molecule has 0 saturated heterocycles. The molecular formula is C15H24NO3P. The maximum absolute atomic E-state index is 12.9. The first-order chi connectivity index (χ1) is 9.66. The first kappa shape index (κ1) is 15.7. The van der Waals surface area contributed by atoms with Crippen molar-refractivity contribution < 1.29 is 13.6 Å². The largest absolute Gasteiger partial charge is 0.349 e. The van der Waals surface area contributed by atoms with Gasteiger partial charge < -0.3 is 9.05 Å². The highest BCUT2D eigenvalue weighted by atomic mass is 31.2. The van der Waals surface area contributed by atoms with Gasteiger partial charge in [0.05, 0.1) is 0 Å². The standard InChI is InChI=1S/C15H24NO3P/c1-18-20(17,19-2)15(11-7-4-8-12-15)16-13-14-9-5-3-6-10-14/h3,5-6,9-10,16H,4,7-8,11-13H2,1-2H3. The van der Waals surface area contributed by atoms with Crippen molar-refractivity contribution >= 4 is 7.60 Å². The summed E-state index contributed by atoms with van der Waals surface area (Å²) in [6.07, 6.45) is 4.96. The van der Waals surface area contributed by atoms with Gasteiger partial charge in [-0.15, -0.1) is 0 Å². The van der Waals surface area contributed by atoms with Crippen LogP contribution in [0.1, 0.15) is 37.7 Å². The summed E-state index contributed by atoms with van der Waals surface area (Å²) in [6.45, 7) is 0.678. The molecule has 112 valence electrons. The van der Waals surface area contributed by atoms with Crippen molar-refractivity contribution in [3.63, 3.8) is 0 Å². The molecule has 4 nitrogen and oxygen atoms in total. The Kier molecular flexibility index (Phi) is 5.39. The molecule has 1 aromatic rings. The molecule has 1 fully saturated rings. The van der Waals surface area contributed by atoms with Gasteiger partial charge in [0, 0.05) is 20.8 Å². The number of rotatable bonds is 6. The molecule has 1 aliphatic rings. The van der Waals surface area contributed by atoms with Crippen molar-refractivity contribution in [2.75, 3.05) is 14.2 Å². The molecule has 2 rings (SSSR count). The van der Waals surface area contributed by atoms with Gasteiger partial charge in [-0.1, -0.05) is 49.6 Å². The average Bonchev–Trinajstić information content (AvgIpc) is 2.54. The van der Waals surface area contributed by atoms with E-state index in [0.29, 0.717) is 6.54 Å². The Labute approximate surface area is 121 Å². The second-order valence-electron chi connectivity index (χ2n) is 5.29. The van der Waals surface area contributed by atoms with Gasteiger partial charge in [-0.05, 0) is 18.4 Å². The summed E-state index contributed by atoms with van der Waals surface area (Å²) < 4.78 is 23.5. The lowest BCUT2D eigenvalue weighted by Gasteiger charge is -2.41. The molecule has 1 saturated carbocycles. The predicted octanol–water partition coefficient (Wildman–Crippen LogP) is 3.92. The summed E-state index contributed by atoms with van der Waals surface area (Å²) in [5.74, 6) is 0. The van der Waals surface area contributed by atoms with Crippen molar-refractivity contribution in [1.29, 1.82) is 0 Å². The Morgan fingerprint density at radius 2 is 1.70 bits per heavy atom. The minimum Gasteiger partial charge on any atom is -0.311 e. The van der Waals surface area contributed by atoms with Crippen molar-refractivity contribution in [2.45, 2.75) is 43.9 Å². The van der Waals surface area contributed by atoms with E-state index >= 15 is 0 Å². The van der Waals surface area contributed by atoms with E-state index in [-0.39, 0.29) is 0 Å². The maximum Gasteiger partial charge on any atom is 0.349 e. The van der Waals surface area contributed by atoms with E-state index in [0.717, 1.165) is 25.7 Å². The summed E-state index contributed by atoms with van der Waals surface area (Å²) in [7, 11) is -0.182. The van der Waals surface area contributed by atoms with Gasteiger partial charge in [0.1, 0.15) is 5.28 Å². The number of benzene rings is 1. The summed E-state index contributed by atoms with van der Waals surface area (Å²) in [4.78, 5) is 0. The molecule has 0 atom stereocenters. The molecule has 0 aromatic heterocycles. The fraction of sp³-hybridized carbons (Fsp3) is 0.600. The van der Waals surface area contributed by atoms with Crippen molar-refractivity contribution in [3.05, 3.63) is 35.9 Å². The van der Waals surface area contributed by atoms with Crippen molar-refractivity contribution in [3.8, 4) is 0 Å². The quantitative estimate of drug-likeness (QED) is 0.808. The highest BCUT2D eigenvalue weighted by Gasteiger charge is 2.50. The Morgan fingerprint density at radius 1 is 1.10 bits per heavy atom. The van der Waals surface area contributed by atoms with E-state index in [1.807, 2.05) is 18.2 Å². The van der Waals surface area contributed by atoms with Gasteiger partial charge in [-0.2, -0.15) is 0 Å². The third-order valence-corrected chi connectivity index (χ3v) is 6.77. The van der Waals surface area contributed by atoms with Crippen LogP contribution in [0.15, 0.2) is 30.3 Å². The number of hydrogen-bond donors (Lipinski definition) is 1. The number of hydrogen-bond acceptors (Lipinski definition) is 4. The molecule has 0 radical (unpaired) electrons. The normalized spacial score (nSPS) is 18.9. The van der Waals surface area contributed by atoms with Gasteiger partial charge >= 0.3 is 7.60 Å². The fourth-order valence-electron chi connectivity index (χ4n) is 2.97. The summed E-state index contributed by atoms with van der Waals surface area (Å²) >= 11 is 0. The minimum atomic E-state index is -3.14. The molecule has 0 spiro atoms. The topological polar surface area (TPSA) is 47.6 Å².